The molecule has 2 aliphatic rings. The van der Waals surface area contributed by atoms with Crippen molar-refractivity contribution >= 4 is 34.5 Å². The van der Waals surface area contributed by atoms with Gasteiger partial charge in [0.1, 0.15) is 6.10 Å². The molecule has 6 heteroatoms. The molecule has 2 aromatic rings. The van der Waals surface area contributed by atoms with E-state index in [1.807, 2.05) is 25.1 Å². The fourth-order valence-electron chi connectivity index (χ4n) is 3.00. The molecule has 0 fully saturated rings. The quantitative estimate of drug-likeness (QED) is 0.783. The first kappa shape index (κ1) is 15.0. The van der Waals surface area contributed by atoms with Crippen molar-refractivity contribution in [2.45, 2.75) is 26.1 Å². The molecule has 1 amide bonds. The molecule has 1 aromatic heterocycles. The van der Waals surface area contributed by atoms with Crippen LogP contribution >= 0.6 is 22.9 Å². The van der Waals surface area contributed by atoms with Crippen LogP contribution in [0.25, 0.3) is 0 Å². The van der Waals surface area contributed by atoms with Crippen LogP contribution in [-0.4, -0.2) is 25.2 Å². The summed E-state index contributed by atoms with van der Waals surface area (Å²) < 4.78 is 11.3. The van der Waals surface area contributed by atoms with E-state index in [9.17, 15) is 4.79 Å². The van der Waals surface area contributed by atoms with Crippen LogP contribution in [0.4, 0.5) is 5.69 Å². The largest absolute Gasteiger partial charge is 0.485 e. The number of para-hydroxylation sites is 1. The molecule has 0 N–H and O–H groups in total. The van der Waals surface area contributed by atoms with Gasteiger partial charge in [-0.15, -0.1) is 11.3 Å². The van der Waals surface area contributed by atoms with E-state index in [1.165, 1.54) is 4.88 Å². The van der Waals surface area contributed by atoms with Gasteiger partial charge in [0.15, 0.2) is 5.75 Å². The molecule has 4 rings (SSSR count). The summed E-state index contributed by atoms with van der Waals surface area (Å²) in [7, 11) is 0. The lowest BCUT2D eigenvalue weighted by atomic mass is 10.1. The number of fused-ring (bicyclic) bond motifs is 2. The van der Waals surface area contributed by atoms with Crippen LogP contribution in [0.5, 0.6) is 5.75 Å². The Hall–Kier alpha value is -1.56. The molecule has 4 nitrogen and oxygen atoms in total. The van der Waals surface area contributed by atoms with Crippen molar-refractivity contribution in [1.29, 1.82) is 0 Å². The normalized spacial score (nSPS) is 19.7. The van der Waals surface area contributed by atoms with Crippen molar-refractivity contribution < 1.29 is 14.3 Å². The van der Waals surface area contributed by atoms with Gasteiger partial charge in [0.2, 0.25) is 0 Å². The third-order valence-corrected chi connectivity index (χ3v) is 5.60. The number of rotatable bonds is 1. The van der Waals surface area contributed by atoms with E-state index in [2.05, 4.69) is 0 Å². The van der Waals surface area contributed by atoms with E-state index >= 15 is 0 Å². The summed E-state index contributed by atoms with van der Waals surface area (Å²) in [6.07, 6.45) is 0.791. The summed E-state index contributed by atoms with van der Waals surface area (Å²) in [4.78, 5) is 16.8. The van der Waals surface area contributed by atoms with Crippen LogP contribution in [-0.2, 0) is 17.8 Å². The second-order valence-electron chi connectivity index (χ2n) is 5.79. The molecule has 23 heavy (non-hydrogen) atoms. The smallest absolute Gasteiger partial charge is 0.268 e. The van der Waals surface area contributed by atoms with E-state index in [0.29, 0.717) is 23.9 Å². The molecular formula is C17H16ClNO3S. The number of ether oxygens (including phenoxy) is 2. The van der Waals surface area contributed by atoms with Crippen LogP contribution in [0.1, 0.15) is 27.0 Å². The predicted octanol–water partition coefficient (Wildman–Crippen LogP) is 3.90. The summed E-state index contributed by atoms with van der Waals surface area (Å²) in [6.45, 7) is 3.79. The minimum atomic E-state index is -0.0933. The van der Waals surface area contributed by atoms with Gasteiger partial charge in [0.05, 0.1) is 35.3 Å². The van der Waals surface area contributed by atoms with Crippen molar-refractivity contribution in [3.63, 3.8) is 0 Å². The summed E-state index contributed by atoms with van der Waals surface area (Å²) in [6, 6.07) is 7.46. The molecule has 0 spiro atoms. The zero-order chi connectivity index (χ0) is 16.0. The number of amides is 1. The lowest BCUT2D eigenvalue weighted by molar-refractivity contribution is 0.0964. The number of hydrogen-bond donors (Lipinski definition) is 0. The summed E-state index contributed by atoms with van der Waals surface area (Å²) in [5, 5.41) is 0.533. The first-order chi connectivity index (χ1) is 11.1. The third-order valence-electron chi connectivity index (χ3n) is 4.08. The standard InChI is InChI=1S/C17H16ClNO3S/c1-10-8-19(13-4-2-3-12(18)16(13)22-10)17(20)15-7-11-9-21-6-5-14(11)23-15/h2-4,7,10H,5-6,8-9H2,1H3/t10-/m1/s1. The third kappa shape index (κ3) is 2.63. The highest BCUT2D eigenvalue weighted by molar-refractivity contribution is 7.14. The van der Waals surface area contributed by atoms with E-state index in [-0.39, 0.29) is 12.0 Å². The Labute approximate surface area is 143 Å². The molecule has 1 aromatic carbocycles. The van der Waals surface area contributed by atoms with Gasteiger partial charge in [-0.25, -0.2) is 0 Å². The van der Waals surface area contributed by atoms with Crippen molar-refractivity contribution in [1.82, 2.24) is 0 Å². The number of carbonyl (C=O) groups excluding carboxylic acids is 1. The average Bonchev–Trinajstić information content (AvgIpc) is 2.98. The van der Waals surface area contributed by atoms with Gasteiger partial charge in [0.25, 0.3) is 5.91 Å². The van der Waals surface area contributed by atoms with Gasteiger partial charge in [-0.05, 0) is 30.7 Å². The van der Waals surface area contributed by atoms with Gasteiger partial charge in [-0.1, -0.05) is 17.7 Å². The van der Waals surface area contributed by atoms with Crippen LogP contribution in [0.15, 0.2) is 24.3 Å². The van der Waals surface area contributed by atoms with Crippen LogP contribution in [0.3, 0.4) is 0 Å². The first-order valence-corrected chi connectivity index (χ1v) is 8.79. The molecule has 0 unspecified atom stereocenters. The number of benzene rings is 1. The second kappa shape index (κ2) is 5.82. The Bertz CT molecular complexity index is 750. The van der Waals surface area contributed by atoms with Gasteiger partial charge in [-0.3, -0.25) is 4.79 Å². The van der Waals surface area contributed by atoms with Gasteiger partial charge >= 0.3 is 0 Å². The summed E-state index contributed by atoms with van der Waals surface area (Å²) in [5.74, 6) is 0.592. The Kier molecular flexibility index (Phi) is 3.79. The van der Waals surface area contributed by atoms with Gasteiger partial charge < -0.3 is 14.4 Å². The molecule has 120 valence electrons. The van der Waals surface area contributed by atoms with E-state index < -0.39 is 0 Å². The molecule has 0 saturated heterocycles. The molecular weight excluding hydrogens is 334 g/mol. The maximum absolute atomic E-state index is 13.0. The highest BCUT2D eigenvalue weighted by atomic mass is 35.5. The number of halogens is 1. The predicted molar refractivity (Wildman–Crippen MR) is 90.9 cm³/mol. The maximum atomic E-state index is 13.0. The van der Waals surface area contributed by atoms with Crippen LogP contribution in [0, 0.1) is 0 Å². The second-order valence-corrected chi connectivity index (χ2v) is 7.34. The van der Waals surface area contributed by atoms with Gasteiger partial charge in [0, 0.05) is 11.3 Å². The van der Waals surface area contributed by atoms with Crippen molar-refractivity contribution in [3.05, 3.63) is 44.6 Å². The number of anilines is 1. The summed E-state index contributed by atoms with van der Waals surface area (Å²) in [5.41, 5.74) is 1.88. The lowest BCUT2D eigenvalue weighted by Gasteiger charge is -2.33. The highest BCUT2D eigenvalue weighted by Crippen LogP contribution is 2.40. The summed E-state index contributed by atoms with van der Waals surface area (Å²) >= 11 is 7.80. The Balaban J connectivity index is 1.71. The van der Waals surface area contributed by atoms with Crippen LogP contribution in [0.2, 0.25) is 5.02 Å². The van der Waals surface area contributed by atoms with E-state index in [1.54, 1.807) is 22.3 Å². The van der Waals surface area contributed by atoms with E-state index in [4.69, 9.17) is 21.1 Å². The number of hydrogen-bond acceptors (Lipinski definition) is 4. The minimum Gasteiger partial charge on any atom is -0.485 e. The maximum Gasteiger partial charge on any atom is 0.268 e. The molecule has 0 aliphatic carbocycles. The molecule has 1 atom stereocenters. The van der Waals surface area contributed by atoms with Crippen LogP contribution < -0.4 is 9.64 Å². The van der Waals surface area contributed by atoms with E-state index in [0.717, 1.165) is 29.2 Å². The average molecular weight is 350 g/mol. The topological polar surface area (TPSA) is 38.8 Å². The fourth-order valence-corrected chi connectivity index (χ4v) is 4.31. The molecule has 0 radical (unpaired) electrons. The number of thiophene rings is 1. The Morgan fingerprint density at radius 3 is 3.13 bits per heavy atom. The SMILES string of the molecule is C[C@@H]1CN(C(=O)c2cc3c(s2)CCOC3)c2cccc(Cl)c2O1. The molecule has 0 saturated carbocycles. The monoisotopic (exact) mass is 349 g/mol. The highest BCUT2D eigenvalue weighted by Gasteiger charge is 2.31. The van der Waals surface area contributed by atoms with Crippen molar-refractivity contribution in [3.8, 4) is 5.75 Å². The number of carbonyl (C=O) groups is 1. The molecule has 0 bridgehead atoms. The van der Waals surface area contributed by atoms with Gasteiger partial charge in [-0.2, -0.15) is 0 Å². The molecule has 3 heterocycles. The zero-order valence-corrected chi connectivity index (χ0v) is 14.2. The zero-order valence-electron chi connectivity index (χ0n) is 12.7. The minimum absolute atomic E-state index is 0.00284. The Morgan fingerprint density at radius 2 is 2.30 bits per heavy atom. The first-order valence-electron chi connectivity index (χ1n) is 7.60. The number of nitrogens with zero attached hydrogens (tertiary/aromatic N) is 1. The molecule has 2 aliphatic heterocycles. The van der Waals surface area contributed by atoms with Crippen molar-refractivity contribution in [2.24, 2.45) is 0 Å². The van der Waals surface area contributed by atoms with Crippen molar-refractivity contribution in [2.75, 3.05) is 18.1 Å². The fraction of sp³-hybridized carbons (Fsp3) is 0.353. The lowest BCUT2D eigenvalue weighted by Crippen LogP contribution is -2.42. The Morgan fingerprint density at radius 1 is 1.43 bits per heavy atom.